The van der Waals surface area contributed by atoms with Crippen molar-refractivity contribution in [2.24, 2.45) is 16.5 Å². The SMILES string of the molecule is COc1cc(OC)c(C=CC(=O)Nc2ccc(OC)c(N=C(N)N)c2)c(OC)c1. The topological polar surface area (TPSA) is 130 Å². The second-order valence-electron chi connectivity index (χ2n) is 5.69. The number of carbonyl (C=O) groups excluding carboxylic acids is 1. The zero-order valence-corrected chi connectivity index (χ0v) is 16.7. The van der Waals surface area contributed by atoms with Gasteiger partial charge in [0, 0.05) is 23.9 Å². The molecule has 0 saturated heterocycles. The number of anilines is 1. The van der Waals surface area contributed by atoms with Gasteiger partial charge in [0.2, 0.25) is 5.91 Å². The highest BCUT2D eigenvalue weighted by molar-refractivity contribution is 6.02. The van der Waals surface area contributed by atoms with E-state index in [4.69, 9.17) is 30.4 Å². The Morgan fingerprint density at radius 2 is 1.55 bits per heavy atom. The second kappa shape index (κ2) is 9.88. The molecule has 9 heteroatoms. The van der Waals surface area contributed by atoms with Crippen LogP contribution in [0.1, 0.15) is 5.56 Å². The van der Waals surface area contributed by atoms with Crippen LogP contribution in [0.15, 0.2) is 41.4 Å². The van der Waals surface area contributed by atoms with Crippen molar-refractivity contribution < 1.29 is 23.7 Å². The zero-order valence-electron chi connectivity index (χ0n) is 16.7. The fourth-order valence-electron chi connectivity index (χ4n) is 2.53. The number of nitrogens with two attached hydrogens (primary N) is 2. The molecule has 9 nitrogen and oxygen atoms in total. The number of guanidine groups is 1. The quantitative estimate of drug-likeness (QED) is 0.352. The highest BCUT2D eigenvalue weighted by Crippen LogP contribution is 2.35. The first-order valence-electron chi connectivity index (χ1n) is 8.48. The Hall–Kier alpha value is -3.88. The molecule has 0 aromatic heterocycles. The first-order chi connectivity index (χ1) is 13.9. The second-order valence-corrected chi connectivity index (χ2v) is 5.69. The summed E-state index contributed by atoms with van der Waals surface area (Å²) in [6.07, 6.45) is 2.95. The smallest absolute Gasteiger partial charge is 0.248 e. The Morgan fingerprint density at radius 3 is 2.07 bits per heavy atom. The third kappa shape index (κ3) is 5.55. The van der Waals surface area contributed by atoms with Crippen LogP contribution < -0.4 is 35.7 Å². The van der Waals surface area contributed by atoms with E-state index in [0.29, 0.717) is 39.9 Å². The summed E-state index contributed by atoms with van der Waals surface area (Å²) < 4.78 is 21.1. The van der Waals surface area contributed by atoms with Crippen LogP contribution in [-0.2, 0) is 4.79 Å². The van der Waals surface area contributed by atoms with E-state index in [-0.39, 0.29) is 11.9 Å². The fraction of sp³-hybridized carbons (Fsp3) is 0.200. The number of amides is 1. The maximum Gasteiger partial charge on any atom is 0.248 e. The first-order valence-corrected chi connectivity index (χ1v) is 8.48. The lowest BCUT2D eigenvalue weighted by Crippen LogP contribution is -2.22. The summed E-state index contributed by atoms with van der Waals surface area (Å²) in [5.74, 6) is 1.57. The molecule has 2 aromatic carbocycles. The van der Waals surface area contributed by atoms with E-state index in [1.165, 1.54) is 27.4 Å². The number of rotatable bonds is 8. The van der Waals surface area contributed by atoms with E-state index < -0.39 is 0 Å². The van der Waals surface area contributed by atoms with Gasteiger partial charge in [0.05, 0.1) is 34.0 Å². The van der Waals surface area contributed by atoms with Crippen molar-refractivity contribution >= 4 is 29.3 Å². The van der Waals surface area contributed by atoms with Crippen LogP contribution in [0.25, 0.3) is 6.08 Å². The maximum atomic E-state index is 12.4. The van der Waals surface area contributed by atoms with Gasteiger partial charge in [-0.3, -0.25) is 4.79 Å². The zero-order chi connectivity index (χ0) is 21.4. The van der Waals surface area contributed by atoms with Crippen molar-refractivity contribution in [3.05, 3.63) is 42.0 Å². The Morgan fingerprint density at radius 1 is 0.931 bits per heavy atom. The van der Waals surface area contributed by atoms with Gasteiger partial charge in [0.1, 0.15) is 28.7 Å². The molecule has 0 unspecified atom stereocenters. The molecule has 29 heavy (non-hydrogen) atoms. The number of hydrogen-bond donors (Lipinski definition) is 3. The largest absolute Gasteiger partial charge is 0.496 e. The monoisotopic (exact) mass is 400 g/mol. The van der Waals surface area contributed by atoms with Crippen molar-refractivity contribution in [2.45, 2.75) is 0 Å². The van der Waals surface area contributed by atoms with Gasteiger partial charge >= 0.3 is 0 Å². The van der Waals surface area contributed by atoms with E-state index in [2.05, 4.69) is 10.3 Å². The highest BCUT2D eigenvalue weighted by Gasteiger charge is 2.12. The standard InChI is InChI=1S/C20H24N4O5/c1-26-13-10-17(28-3)14(18(11-13)29-4)6-8-19(25)23-12-5-7-16(27-2)15(9-12)24-20(21)22/h5-11H,1-4H3,(H,23,25)(H4,21,22,24). The molecule has 0 spiro atoms. The predicted octanol–water partition coefficient (Wildman–Crippen LogP) is 2.28. The molecule has 0 heterocycles. The van der Waals surface area contributed by atoms with Gasteiger partial charge in [-0.25, -0.2) is 4.99 Å². The third-order valence-corrected chi connectivity index (χ3v) is 3.85. The molecular weight excluding hydrogens is 376 g/mol. The van der Waals surface area contributed by atoms with Gasteiger partial charge in [0.15, 0.2) is 5.96 Å². The summed E-state index contributed by atoms with van der Waals surface area (Å²) in [4.78, 5) is 16.4. The summed E-state index contributed by atoms with van der Waals surface area (Å²) in [7, 11) is 6.09. The van der Waals surface area contributed by atoms with Crippen molar-refractivity contribution in [1.82, 2.24) is 0 Å². The van der Waals surface area contributed by atoms with Crippen molar-refractivity contribution in [2.75, 3.05) is 33.8 Å². The van der Waals surface area contributed by atoms with Crippen LogP contribution in [0.2, 0.25) is 0 Å². The van der Waals surface area contributed by atoms with Crippen LogP contribution in [0.5, 0.6) is 23.0 Å². The minimum absolute atomic E-state index is 0.120. The van der Waals surface area contributed by atoms with Crippen molar-refractivity contribution in [1.29, 1.82) is 0 Å². The molecule has 5 N–H and O–H groups in total. The van der Waals surface area contributed by atoms with Gasteiger partial charge in [-0.1, -0.05) is 0 Å². The average Bonchev–Trinajstić information content (AvgIpc) is 2.71. The van der Waals surface area contributed by atoms with Gasteiger partial charge < -0.3 is 35.7 Å². The van der Waals surface area contributed by atoms with Crippen LogP contribution in [0, 0.1) is 0 Å². The summed E-state index contributed by atoms with van der Waals surface area (Å²) in [6, 6.07) is 8.32. The number of carbonyl (C=O) groups is 1. The van der Waals surface area contributed by atoms with Crippen molar-refractivity contribution in [3.63, 3.8) is 0 Å². The normalized spacial score (nSPS) is 10.3. The Bertz CT molecular complexity index is 911. The van der Waals surface area contributed by atoms with Crippen LogP contribution in [-0.4, -0.2) is 40.3 Å². The molecule has 0 aliphatic rings. The van der Waals surface area contributed by atoms with E-state index in [9.17, 15) is 4.79 Å². The minimum Gasteiger partial charge on any atom is -0.496 e. The van der Waals surface area contributed by atoms with Gasteiger partial charge in [0.25, 0.3) is 0 Å². The molecule has 154 valence electrons. The van der Waals surface area contributed by atoms with E-state index in [1.54, 1.807) is 43.5 Å². The minimum atomic E-state index is -0.370. The number of hydrogen-bond acceptors (Lipinski definition) is 6. The summed E-state index contributed by atoms with van der Waals surface area (Å²) in [6.45, 7) is 0. The summed E-state index contributed by atoms with van der Waals surface area (Å²) >= 11 is 0. The van der Waals surface area contributed by atoms with Gasteiger partial charge in [-0.05, 0) is 24.3 Å². The number of ether oxygens (including phenoxy) is 4. The number of nitrogens with one attached hydrogen (secondary N) is 1. The highest BCUT2D eigenvalue weighted by atomic mass is 16.5. The lowest BCUT2D eigenvalue weighted by atomic mass is 10.1. The van der Waals surface area contributed by atoms with Crippen LogP contribution >= 0.6 is 0 Å². The Labute approximate surface area is 168 Å². The van der Waals surface area contributed by atoms with Crippen LogP contribution in [0.4, 0.5) is 11.4 Å². The van der Waals surface area contributed by atoms with Gasteiger partial charge in [-0.2, -0.15) is 0 Å². The molecule has 2 aromatic rings. The third-order valence-electron chi connectivity index (χ3n) is 3.85. The molecule has 0 atom stereocenters. The summed E-state index contributed by atoms with van der Waals surface area (Å²) in [5, 5.41) is 2.74. The van der Waals surface area contributed by atoms with E-state index in [0.717, 1.165) is 0 Å². The van der Waals surface area contributed by atoms with Gasteiger partial charge in [-0.15, -0.1) is 0 Å². The number of nitrogens with zero attached hydrogens (tertiary/aromatic N) is 1. The first kappa shape index (κ1) is 21.4. The molecule has 0 aliphatic heterocycles. The van der Waals surface area contributed by atoms with Crippen LogP contribution in [0.3, 0.4) is 0 Å². The molecule has 0 saturated carbocycles. The molecule has 0 fully saturated rings. The maximum absolute atomic E-state index is 12.4. The van der Waals surface area contributed by atoms with Crippen molar-refractivity contribution in [3.8, 4) is 23.0 Å². The van der Waals surface area contributed by atoms with E-state index >= 15 is 0 Å². The predicted molar refractivity (Wildman–Crippen MR) is 112 cm³/mol. The molecule has 2 rings (SSSR count). The molecule has 0 aliphatic carbocycles. The molecule has 1 amide bonds. The molecule has 0 radical (unpaired) electrons. The molecule has 0 bridgehead atoms. The summed E-state index contributed by atoms with van der Waals surface area (Å²) in [5.41, 5.74) is 12.3. The lowest BCUT2D eigenvalue weighted by Gasteiger charge is -2.12. The average molecular weight is 400 g/mol. The molecular formula is C20H24N4O5. The fourth-order valence-corrected chi connectivity index (χ4v) is 2.53. The number of benzene rings is 2. The van der Waals surface area contributed by atoms with E-state index in [1.807, 2.05) is 0 Å². The number of methoxy groups -OCH3 is 4. The Kier molecular flexibility index (Phi) is 7.30. The lowest BCUT2D eigenvalue weighted by molar-refractivity contribution is -0.111. The Balaban J connectivity index is 2.26. The number of aliphatic imine (C=N–C) groups is 1.